The molecule has 136 valence electrons. The van der Waals surface area contributed by atoms with Gasteiger partial charge >= 0.3 is 0 Å². The molecule has 1 saturated carbocycles. The SMILES string of the molecule is c1cc(-c2ccc(C3CCC(CC4CO4)CC3)cc2)ccc1CC1CO1. The first kappa shape index (κ1) is 16.5. The van der Waals surface area contributed by atoms with Crippen LogP contribution in [0.15, 0.2) is 48.5 Å². The maximum atomic E-state index is 5.40. The Morgan fingerprint density at radius 3 is 1.85 bits per heavy atom. The summed E-state index contributed by atoms with van der Waals surface area (Å²) in [7, 11) is 0. The second-order valence-corrected chi connectivity index (χ2v) is 8.39. The summed E-state index contributed by atoms with van der Waals surface area (Å²) < 4.78 is 10.7. The van der Waals surface area contributed by atoms with Crippen molar-refractivity contribution in [1.29, 1.82) is 0 Å². The fourth-order valence-corrected chi connectivity index (χ4v) is 4.54. The Morgan fingerprint density at radius 2 is 1.27 bits per heavy atom. The molecule has 2 saturated heterocycles. The third kappa shape index (κ3) is 4.02. The van der Waals surface area contributed by atoms with Gasteiger partial charge in [-0.1, -0.05) is 48.5 Å². The number of benzene rings is 2. The largest absolute Gasteiger partial charge is 0.373 e. The van der Waals surface area contributed by atoms with Crippen LogP contribution in [0.2, 0.25) is 0 Å². The van der Waals surface area contributed by atoms with E-state index in [-0.39, 0.29) is 0 Å². The Kier molecular flexibility index (Phi) is 4.56. The molecule has 2 heteroatoms. The maximum absolute atomic E-state index is 5.40. The monoisotopic (exact) mass is 348 g/mol. The molecule has 2 unspecified atom stereocenters. The molecule has 0 amide bonds. The second-order valence-electron chi connectivity index (χ2n) is 8.39. The number of hydrogen-bond acceptors (Lipinski definition) is 2. The number of ether oxygens (including phenoxy) is 2. The summed E-state index contributed by atoms with van der Waals surface area (Å²) in [5.41, 5.74) is 5.53. The van der Waals surface area contributed by atoms with Gasteiger partial charge in [-0.25, -0.2) is 0 Å². The Hall–Kier alpha value is -1.64. The molecule has 2 aliphatic heterocycles. The van der Waals surface area contributed by atoms with Gasteiger partial charge in [0.25, 0.3) is 0 Å². The molecule has 2 aromatic carbocycles. The second kappa shape index (κ2) is 7.17. The van der Waals surface area contributed by atoms with E-state index in [1.807, 2.05) is 0 Å². The minimum absolute atomic E-state index is 0.465. The highest BCUT2D eigenvalue weighted by Crippen LogP contribution is 2.39. The van der Waals surface area contributed by atoms with E-state index in [9.17, 15) is 0 Å². The van der Waals surface area contributed by atoms with Crippen LogP contribution in [0.3, 0.4) is 0 Å². The predicted molar refractivity (Wildman–Crippen MR) is 104 cm³/mol. The fourth-order valence-electron chi connectivity index (χ4n) is 4.54. The Labute approximate surface area is 156 Å². The van der Waals surface area contributed by atoms with E-state index < -0.39 is 0 Å². The molecule has 0 N–H and O–H groups in total. The van der Waals surface area contributed by atoms with Gasteiger partial charge in [-0.15, -0.1) is 0 Å². The fraction of sp³-hybridized carbons (Fsp3) is 0.500. The molecular formula is C24H28O2. The molecule has 2 heterocycles. The highest BCUT2D eigenvalue weighted by atomic mass is 16.6. The van der Waals surface area contributed by atoms with Crippen LogP contribution < -0.4 is 0 Å². The van der Waals surface area contributed by atoms with E-state index in [4.69, 9.17) is 9.47 Å². The van der Waals surface area contributed by atoms with Crippen LogP contribution in [0.25, 0.3) is 11.1 Å². The van der Waals surface area contributed by atoms with E-state index in [0.29, 0.717) is 12.2 Å². The number of rotatable bonds is 6. The van der Waals surface area contributed by atoms with Crippen molar-refractivity contribution in [3.63, 3.8) is 0 Å². The lowest BCUT2D eigenvalue weighted by Gasteiger charge is -2.28. The molecule has 0 bridgehead atoms. The predicted octanol–water partition coefficient (Wildman–Crippen LogP) is 5.36. The quantitative estimate of drug-likeness (QED) is 0.657. The molecule has 2 atom stereocenters. The first-order valence-electron chi connectivity index (χ1n) is 10.3. The van der Waals surface area contributed by atoms with Gasteiger partial charge in [0.15, 0.2) is 0 Å². The van der Waals surface area contributed by atoms with Gasteiger partial charge < -0.3 is 9.47 Å². The first-order valence-corrected chi connectivity index (χ1v) is 10.3. The van der Waals surface area contributed by atoms with Crippen molar-refractivity contribution in [2.45, 2.75) is 56.7 Å². The normalized spacial score (nSPS) is 30.2. The molecule has 5 rings (SSSR count). The summed E-state index contributed by atoms with van der Waals surface area (Å²) in [5, 5.41) is 0. The van der Waals surface area contributed by atoms with Crippen molar-refractivity contribution in [1.82, 2.24) is 0 Å². The number of hydrogen-bond donors (Lipinski definition) is 0. The molecule has 26 heavy (non-hydrogen) atoms. The summed E-state index contributed by atoms with van der Waals surface area (Å²) in [6.45, 7) is 1.94. The molecule has 3 fully saturated rings. The molecule has 3 aliphatic rings. The van der Waals surface area contributed by atoms with E-state index in [2.05, 4.69) is 48.5 Å². The highest BCUT2D eigenvalue weighted by Gasteiger charge is 2.29. The maximum Gasteiger partial charge on any atom is 0.0850 e. The Balaban J connectivity index is 1.20. The van der Waals surface area contributed by atoms with Gasteiger partial charge in [0.2, 0.25) is 0 Å². The van der Waals surface area contributed by atoms with Crippen LogP contribution in [0.1, 0.15) is 49.1 Å². The lowest BCUT2D eigenvalue weighted by Crippen LogP contribution is -2.14. The summed E-state index contributed by atoms with van der Waals surface area (Å²) in [6, 6.07) is 18.3. The van der Waals surface area contributed by atoms with Crippen molar-refractivity contribution < 1.29 is 9.47 Å². The summed E-state index contributed by atoms with van der Waals surface area (Å²) >= 11 is 0. The minimum atomic E-state index is 0.465. The summed E-state index contributed by atoms with van der Waals surface area (Å²) in [6.07, 6.45) is 8.84. The summed E-state index contributed by atoms with van der Waals surface area (Å²) in [4.78, 5) is 0. The van der Waals surface area contributed by atoms with Gasteiger partial charge in [0, 0.05) is 6.42 Å². The molecular weight excluding hydrogens is 320 g/mol. The van der Waals surface area contributed by atoms with Gasteiger partial charge in [-0.05, 0) is 66.2 Å². The van der Waals surface area contributed by atoms with Gasteiger partial charge in [-0.2, -0.15) is 0 Å². The first-order chi connectivity index (χ1) is 12.8. The average molecular weight is 348 g/mol. The van der Waals surface area contributed by atoms with Gasteiger partial charge in [-0.3, -0.25) is 0 Å². The van der Waals surface area contributed by atoms with E-state index in [0.717, 1.165) is 31.5 Å². The van der Waals surface area contributed by atoms with Crippen LogP contribution in [0.4, 0.5) is 0 Å². The zero-order valence-corrected chi connectivity index (χ0v) is 15.4. The van der Waals surface area contributed by atoms with Crippen LogP contribution in [-0.2, 0) is 15.9 Å². The topological polar surface area (TPSA) is 25.1 Å². The molecule has 1 aliphatic carbocycles. The summed E-state index contributed by atoms with van der Waals surface area (Å²) in [5.74, 6) is 1.65. The zero-order chi connectivity index (χ0) is 17.3. The Bertz CT molecular complexity index is 718. The van der Waals surface area contributed by atoms with E-state index >= 15 is 0 Å². The Morgan fingerprint density at radius 1 is 0.692 bits per heavy atom. The van der Waals surface area contributed by atoms with Crippen molar-refractivity contribution in [2.24, 2.45) is 5.92 Å². The van der Waals surface area contributed by atoms with Crippen molar-refractivity contribution >= 4 is 0 Å². The minimum Gasteiger partial charge on any atom is -0.373 e. The molecule has 0 spiro atoms. The van der Waals surface area contributed by atoms with Crippen LogP contribution in [0.5, 0.6) is 0 Å². The van der Waals surface area contributed by atoms with Crippen LogP contribution >= 0.6 is 0 Å². The van der Waals surface area contributed by atoms with Crippen LogP contribution in [-0.4, -0.2) is 25.4 Å². The zero-order valence-electron chi connectivity index (χ0n) is 15.4. The standard InChI is InChI=1S/C24H28O2/c1-5-19(6-2-17(1)13-23-15-25-23)21-9-11-22(12-10-21)20-7-3-18(4-8-20)14-24-16-26-24/h1-2,5-6,9-12,18,20,23-24H,3-4,7-8,13-16H2. The van der Waals surface area contributed by atoms with Crippen LogP contribution in [0, 0.1) is 5.92 Å². The van der Waals surface area contributed by atoms with E-state index in [1.54, 1.807) is 0 Å². The number of epoxide rings is 2. The van der Waals surface area contributed by atoms with Gasteiger partial charge in [0.1, 0.15) is 0 Å². The third-order valence-electron chi connectivity index (χ3n) is 6.38. The van der Waals surface area contributed by atoms with E-state index in [1.165, 1.54) is 54.4 Å². The smallest absolute Gasteiger partial charge is 0.0850 e. The highest BCUT2D eigenvalue weighted by molar-refractivity contribution is 5.64. The van der Waals surface area contributed by atoms with Gasteiger partial charge in [0.05, 0.1) is 25.4 Å². The molecule has 0 radical (unpaired) electrons. The molecule has 2 nitrogen and oxygen atoms in total. The lowest BCUT2D eigenvalue weighted by atomic mass is 9.77. The molecule has 0 aromatic heterocycles. The average Bonchev–Trinajstić information content (AvgIpc) is 3.61. The van der Waals surface area contributed by atoms with Crippen molar-refractivity contribution in [2.75, 3.05) is 13.2 Å². The van der Waals surface area contributed by atoms with Crippen molar-refractivity contribution in [3.05, 3.63) is 59.7 Å². The lowest BCUT2D eigenvalue weighted by molar-refractivity contribution is 0.276. The van der Waals surface area contributed by atoms with Crippen molar-refractivity contribution in [3.8, 4) is 11.1 Å². The third-order valence-corrected chi connectivity index (χ3v) is 6.38. The molecule has 2 aromatic rings.